The Morgan fingerprint density at radius 1 is 0.304 bits per heavy atom. The summed E-state index contributed by atoms with van der Waals surface area (Å²) < 4.78 is 0. The van der Waals surface area contributed by atoms with Crippen LogP contribution in [0, 0.1) is 0 Å². The molecule has 0 aliphatic rings. The minimum atomic E-state index is 0.783. The van der Waals surface area contributed by atoms with Crippen molar-refractivity contribution >= 4 is 80.5 Å². The highest BCUT2D eigenvalue weighted by molar-refractivity contribution is 6.16. The summed E-state index contributed by atoms with van der Waals surface area (Å²) in [4.78, 5) is 23.3. The first-order valence-corrected chi connectivity index (χ1v) is 18.5. The molecule has 0 unspecified atom stereocenters. The Hall–Kier alpha value is -7.70. The van der Waals surface area contributed by atoms with Crippen molar-refractivity contribution in [2.45, 2.75) is 0 Å². The van der Waals surface area contributed by atoms with Crippen molar-refractivity contribution in [3.63, 3.8) is 0 Å². The molecule has 4 heterocycles. The van der Waals surface area contributed by atoms with Gasteiger partial charge in [0.05, 0.1) is 0 Å². The molecular weight excluding hydrogens is 685 g/mol. The van der Waals surface area contributed by atoms with Crippen molar-refractivity contribution in [2.75, 3.05) is 9.80 Å². The van der Waals surface area contributed by atoms with Crippen LogP contribution in [0.1, 0.15) is 22.3 Å². The normalized spacial score (nSPS) is 11.4. The van der Waals surface area contributed by atoms with Crippen LogP contribution in [-0.4, -0.2) is 19.9 Å². The molecule has 0 aliphatic heterocycles. The maximum absolute atomic E-state index is 4.76. The first kappa shape index (κ1) is 34.1. The van der Waals surface area contributed by atoms with Gasteiger partial charge in [-0.25, -0.2) is 19.9 Å². The van der Waals surface area contributed by atoms with Crippen molar-refractivity contribution in [2.24, 2.45) is 0 Å². The molecule has 0 spiro atoms. The van der Waals surface area contributed by atoms with Gasteiger partial charge in [-0.3, -0.25) is 9.80 Å². The second-order valence-corrected chi connectivity index (χ2v) is 13.2. The van der Waals surface area contributed by atoms with E-state index in [1.807, 2.05) is 110 Å². The lowest BCUT2D eigenvalue weighted by Gasteiger charge is -2.25. The first-order chi connectivity index (χ1) is 27.8. The third-order valence-electron chi connectivity index (χ3n) is 9.68. The van der Waals surface area contributed by atoms with Crippen LogP contribution in [-0.2, 0) is 0 Å². The van der Waals surface area contributed by atoms with Gasteiger partial charge in [0.15, 0.2) is 0 Å². The van der Waals surface area contributed by atoms with Gasteiger partial charge < -0.3 is 0 Å². The summed E-state index contributed by atoms with van der Waals surface area (Å²) in [7, 11) is 0. The Balaban J connectivity index is 1.34. The highest BCUT2D eigenvalue weighted by atomic mass is 15.2. The van der Waals surface area contributed by atoms with Crippen molar-refractivity contribution in [1.82, 2.24) is 19.9 Å². The van der Waals surface area contributed by atoms with E-state index in [0.29, 0.717) is 0 Å². The molecule has 4 aromatic heterocycles. The Morgan fingerprint density at radius 3 is 0.964 bits per heavy atom. The predicted molar refractivity (Wildman–Crippen MR) is 233 cm³/mol. The second-order valence-electron chi connectivity index (χ2n) is 13.2. The average Bonchev–Trinajstić information content (AvgIpc) is 3.27. The van der Waals surface area contributed by atoms with Gasteiger partial charge in [0, 0.05) is 36.2 Å². The van der Waals surface area contributed by atoms with Crippen molar-refractivity contribution in [1.29, 1.82) is 0 Å². The Morgan fingerprint density at radius 2 is 0.643 bits per heavy atom. The summed E-state index contributed by atoms with van der Waals surface area (Å²) in [6.45, 7) is 0. The van der Waals surface area contributed by atoms with Crippen LogP contribution in [0.15, 0.2) is 195 Å². The number of pyridine rings is 4. The molecule has 6 heteroatoms. The fourth-order valence-corrected chi connectivity index (χ4v) is 7.10. The summed E-state index contributed by atoms with van der Waals surface area (Å²) in [6.07, 6.45) is 16.1. The molecule has 0 saturated carbocycles. The number of hydrogen-bond donors (Lipinski definition) is 0. The van der Waals surface area contributed by atoms with E-state index >= 15 is 0 Å². The fourth-order valence-electron chi connectivity index (χ4n) is 7.10. The lowest BCUT2D eigenvalue weighted by molar-refractivity contribution is 1.13. The van der Waals surface area contributed by atoms with Crippen LogP contribution in [0.3, 0.4) is 0 Å². The van der Waals surface area contributed by atoms with E-state index in [4.69, 9.17) is 19.9 Å². The molecule has 0 saturated heterocycles. The highest BCUT2D eigenvalue weighted by Crippen LogP contribution is 2.42. The van der Waals surface area contributed by atoms with E-state index in [1.54, 1.807) is 0 Å². The Labute approximate surface area is 326 Å². The van der Waals surface area contributed by atoms with Crippen LogP contribution in [0.5, 0.6) is 0 Å². The largest absolute Gasteiger partial charge is 0.279 e. The van der Waals surface area contributed by atoms with Gasteiger partial charge in [0.1, 0.15) is 23.3 Å². The molecule has 0 atom stereocenters. The molecule has 0 N–H and O–H groups in total. The van der Waals surface area contributed by atoms with Gasteiger partial charge in [-0.05, 0) is 117 Å². The van der Waals surface area contributed by atoms with E-state index in [-0.39, 0.29) is 0 Å². The monoisotopic (exact) mass is 720 g/mol. The summed E-state index contributed by atoms with van der Waals surface area (Å²) >= 11 is 0. The van der Waals surface area contributed by atoms with E-state index in [0.717, 1.165) is 78.4 Å². The van der Waals surface area contributed by atoms with Crippen LogP contribution < -0.4 is 9.80 Å². The maximum atomic E-state index is 4.76. The molecule has 266 valence electrons. The van der Waals surface area contributed by atoms with Gasteiger partial charge in [0.2, 0.25) is 0 Å². The van der Waals surface area contributed by atoms with Crippen molar-refractivity contribution < 1.29 is 0 Å². The zero-order chi connectivity index (χ0) is 37.5. The minimum Gasteiger partial charge on any atom is -0.279 e. The smallest absolute Gasteiger partial charge is 0.138 e. The van der Waals surface area contributed by atoms with Gasteiger partial charge in [-0.1, -0.05) is 121 Å². The number of fused-ring (bicyclic) bond motifs is 2. The topological polar surface area (TPSA) is 58.0 Å². The van der Waals surface area contributed by atoms with E-state index in [9.17, 15) is 0 Å². The van der Waals surface area contributed by atoms with Crippen molar-refractivity contribution in [3.8, 4) is 0 Å². The van der Waals surface area contributed by atoms with Crippen molar-refractivity contribution in [3.05, 3.63) is 217 Å². The number of nitrogens with zero attached hydrogens (tertiary/aromatic N) is 6. The second kappa shape index (κ2) is 15.7. The van der Waals surface area contributed by atoms with E-state index in [2.05, 4.69) is 119 Å². The summed E-state index contributed by atoms with van der Waals surface area (Å²) in [6, 6.07) is 58.0. The standard InChI is InChI=1S/C50H36N6/c1-3-15-37(16-4-1)23-27-41-43-29-25-40(56(49-21-9-13-33-53-49)50-22-10-14-34-54-50)36-46(43)42(28-24-38-17-5-2-6-18-38)44-30-26-39(35-45(41)44)55(47-19-7-11-31-51-47)48-20-8-12-32-52-48/h1-36H/b27-23+,28-24+. The number of hydrogen-bond acceptors (Lipinski definition) is 6. The fraction of sp³-hybridized carbons (Fsp3) is 0. The quantitative estimate of drug-likeness (QED) is 0.104. The van der Waals surface area contributed by atoms with Crippen LogP contribution in [0.25, 0.3) is 45.8 Å². The minimum absolute atomic E-state index is 0.783. The molecule has 9 aromatic rings. The van der Waals surface area contributed by atoms with Crippen LogP contribution in [0.4, 0.5) is 34.6 Å². The van der Waals surface area contributed by atoms with Gasteiger partial charge >= 0.3 is 0 Å². The molecule has 0 aliphatic carbocycles. The van der Waals surface area contributed by atoms with E-state index < -0.39 is 0 Å². The number of benzene rings is 5. The van der Waals surface area contributed by atoms with Crippen LogP contribution >= 0.6 is 0 Å². The number of rotatable bonds is 10. The number of aromatic nitrogens is 4. The Bertz CT molecular complexity index is 2500. The summed E-state index contributed by atoms with van der Waals surface area (Å²) in [5.74, 6) is 3.13. The Kier molecular flexibility index (Phi) is 9.57. The zero-order valence-corrected chi connectivity index (χ0v) is 30.5. The summed E-state index contributed by atoms with van der Waals surface area (Å²) in [5.41, 5.74) is 6.36. The average molecular weight is 721 g/mol. The molecule has 6 nitrogen and oxygen atoms in total. The third-order valence-corrected chi connectivity index (χ3v) is 9.68. The van der Waals surface area contributed by atoms with E-state index in [1.165, 1.54) is 0 Å². The predicted octanol–water partition coefficient (Wildman–Crippen LogP) is 12.9. The molecule has 0 radical (unpaired) electrons. The van der Waals surface area contributed by atoms with Crippen LogP contribution in [0.2, 0.25) is 0 Å². The SMILES string of the molecule is C(=C\c1c2ccc(N(c3ccccn3)c3ccccn3)cc2c(/C=C/c2ccccc2)c2ccc(N(c3ccccn3)c3ccccn3)cc12)/c1ccccc1. The van der Waals surface area contributed by atoms with Gasteiger partial charge in [0.25, 0.3) is 0 Å². The first-order valence-electron chi connectivity index (χ1n) is 18.5. The lowest BCUT2D eigenvalue weighted by Crippen LogP contribution is -2.13. The molecular formula is C50H36N6. The van der Waals surface area contributed by atoms with Gasteiger partial charge in [-0.2, -0.15) is 0 Å². The molecule has 0 fully saturated rings. The summed E-state index contributed by atoms with van der Waals surface area (Å²) in [5, 5.41) is 4.43. The molecule has 0 bridgehead atoms. The molecule has 0 amide bonds. The highest BCUT2D eigenvalue weighted by Gasteiger charge is 2.20. The zero-order valence-electron chi connectivity index (χ0n) is 30.5. The van der Waals surface area contributed by atoms with Gasteiger partial charge in [-0.15, -0.1) is 0 Å². The lowest BCUT2D eigenvalue weighted by atomic mass is 9.89. The maximum Gasteiger partial charge on any atom is 0.138 e. The third kappa shape index (κ3) is 7.02. The number of anilines is 6. The molecule has 5 aromatic carbocycles. The molecule has 56 heavy (non-hydrogen) atoms. The molecule has 9 rings (SSSR count).